The van der Waals surface area contributed by atoms with E-state index in [9.17, 15) is 14.7 Å². The van der Waals surface area contributed by atoms with Gasteiger partial charge in [0.2, 0.25) is 0 Å². The van der Waals surface area contributed by atoms with Crippen LogP contribution in [0.2, 0.25) is 0 Å². The van der Waals surface area contributed by atoms with Crippen molar-refractivity contribution < 1.29 is 24.2 Å². The van der Waals surface area contributed by atoms with Crippen LogP contribution in [0.25, 0.3) is 11.0 Å². The van der Waals surface area contributed by atoms with Crippen LogP contribution in [0, 0.1) is 0 Å². The minimum Gasteiger partial charge on any atom is -0.464 e. The fourth-order valence-electron chi connectivity index (χ4n) is 4.23. The molecule has 0 bridgehead atoms. The van der Waals surface area contributed by atoms with E-state index >= 15 is 0 Å². The van der Waals surface area contributed by atoms with Crippen LogP contribution in [0.1, 0.15) is 47.0 Å². The predicted molar refractivity (Wildman–Crippen MR) is 129 cm³/mol. The number of methoxy groups -OCH3 is 1. The van der Waals surface area contributed by atoms with Crippen molar-refractivity contribution in [3.8, 4) is 0 Å². The van der Waals surface area contributed by atoms with Gasteiger partial charge in [0, 0.05) is 30.2 Å². The molecule has 9 nitrogen and oxygen atoms in total. The molecule has 0 aliphatic carbocycles. The maximum atomic E-state index is 13.1. The highest BCUT2D eigenvalue weighted by Crippen LogP contribution is 2.34. The summed E-state index contributed by atoms with van der Waals surface area (Å²) in [6, 6.07) is 10.7. The van der Waals surface area contributed by atoms with Gasteiger partial charge in [-0.2, -0.15) is 0 Å². The Balaban J connectivity index is 1.83. The van der Waals surface area contributed by atoms with Crippen molar-refractivity contribution >= 4 is 34.3 Å². The molecule has 3 aromatic rings. The van der Waals surface area contributed by atoms with Gasteiger partial charge in [0.25, 0.3) is 5.91 Å². The molecule has 180 valence electrons. The highest BCUT2D eigenvalue weighted by molar-refractivity contribution is 6.14. The molecular weight excluding hydrogens is 436 g/mol. The van der Waals surface area contributed by atoms with Gasteiger partial charge in [-0.25, -0.2) is 9.78 Å². The monoisotopic (exact) mass is 466 g/mol. The lowest BCUT2D eigenvalue weighted by atomic mass is 10.2. The number of ether oxygens (including phenoxy) is 2. The third kappa shape index (κ3) is 5.05. The average Bonchev–Trinajstić information content (AvgIpc) is 3.46. The molecule has 3 N–H and O–H groups in total. The molecule has 3 heterocycles. The second-order valence-corrected chi connectivity index (χ2v) is 8.43. The molecule has 2 atom stereocenters. The number of nitrogens with zero attached hydrogens (tertiary/aromatic N) is 2. The topological polar surface area (TPSA) is 115 Å². The van der Waals surface area contributed by atoms with E-state index in [4.69, 9.17) is 9.47 Å². The van der Waals surface area contributed by atoms with E-state index in [0.717, 1.165) is 12.8 Å². The number of aliphatic hydroxyl groups is 1. The van der Waals surface area contributed by atoms with E-state index in [-0.39, 0.29) is 30.4 Å². The zero-order valence-corrected chi connectivity index (χ0v) is 19.4. The molecule has 1 aliphatic heterocycles. The van der Waals surface area contributed by atoms with Gasteiger partial charge in [-0.15, -0.1) is 0 Å². The second kappa shape index (κ2) is 10.7. The summed E-state index contributed by atoms with van der Waals surface area (Å²) in [7, 11) is 1.32. The number of aromatic nitrogens is 2. The van der Waals surface area contributed by atoms with E-state index in [1.807, 2.05) is 19.1 Å². The van der Waals surface area contributed by atoms with Gasteiger partial charge in [0.1, 0.15) is 5.65 Å². The van der Waals surface area contributed by atoms with Gasteiger partial charge < -0.3 is 29.8 Å². The number of amides is 1. The molecule has 1 saturated heterocycles. The maximum Gasteiger partial charge on any atom is 0.356 e. The highest BCUT2D eigenvalue weighted by Gasteiger charge is 2.29. The molecule has 1 amide bonds. The van der Waals surface area contributed by atoms with E-state index < -0.39 is 5.97 Å². The number of hydrogen-bond donors (Lipinski definition) is 3. The quantitative estimate of drug-likeness (QED) is 0.414. The number of hydrogen-bond acceptors (Lipinski definition) is 7. The van der Waals surface area contributed by atoms with Crippen LogP contribution < -0.4 is 10.6 Å². The molecule has 1 aliphatic rings. The van der Waals surface area contributed by atoms with Crippen LogP contribution in [0.3, 0.4) is 0 Å². The molecule has 4 rings (SSSR count). The Kier molecular flexibility index (Phi) is 7.44. The number of anilines is 2. The summed E-state index contributed by atoms with van der Waals surface area (Å²) in [6.07, 6.45) is 4.04. The minimum absolute atomic E-state index is 0.0145. The molecule has 2 aromatic heterocycles. The normalized spacial score (nSPS) is 16.4. The highest BCUT2D eigenvalue weighted by atomic mass is 16.5. The van der Waals surface area contributed by atoms with Gasteiger partial charge in [-0.1, -0.05) is 18.2 Å². The number of nitrogens with one attached hydrogen (secondary N) is 2. The van der Waals surface area contributed by atoms with Crippen LogP contribution in [0.15, 0.2) is 42.6 Å². The third-order valence-electron chi connectivity index (χ3n) is 5.94. The number of carbonyl (C=O) groups excluding carboxylic acids is 2. The lowest BCUT2D eigenvalue weighted by Gasteiger charge is -2.15. The van der Waals surface area contributed by atoms with Crippen LogP contribution in [-0.4, -0.2) is 59.0 Å². The van der Waals surface area contributed by atoms with Crippen LogP contribution in [0.4, 0.5) is 11.4 Å². The van der Waals surface area contributed by atoms with Gasteiger partial charge in [0.15, 0.2) is 5.69 Å². The summed E-state index contributed by atoms with van der Waals surface area (Å²) in [6.45, 7) is 3.12. The molecular formula is C25H30N4O5. The average molecular weight is 467 g/mol. The molecule has 0 spiro atoms. The van der Waals surface area contributed by atoms with E-state index in [0.29, 0.717) is 47.5 Å². The lowest BCUT2D eigenvalue weighted by Crippen LogP contribution is -2.21. The van der Waals surface area contributed by atoms with Gasteiger partial charge in [-0.05, 0) is 44.4 Å². The first-order valence-corrected chi connectivity index (χ1v) is 11.5. The van der Waals surface area contributed by atoms with Crippen LogP contribution in [0.5, 0.6) is 0 Å². The summed E-state index contributed by atoms with van der Waals surface area (Å²) in [4.78, 5) is 30.7. The van der Waals surface area contributed by atoms with Crippen molar-refractivity contribution in [2.75, 3.05) is 31.0 Å². The second-order valence-electron chi connectivity index (χ2n) is 8.43. The molecule has 9 heteroatoms. The number of rotatable bonds is 9. The Labute approximate surface area is 198 Å². The molecule has 34 heavy (non-hydrogen) atoms. The molecule has 0 unspecified atom stereocenters. The molecule has 0 radical (unpaired) electrons. The number of carbonyl (C=O) groups is 2. The van der Waals surface area contributed by atoms with E-state index in [2.05, 4.69) is 15.6 Å². The lowest BCUT2D eigenvalue weighted by molar-refractivity contribution is 0.0580. The van der Waals surface area contributed by atoms with Crippen molar-refractivity contribution in [3.05, 3.63) is 53.9 Å². The number of pyridine rings is 1. The molecule has 1 fully saturated rings. The van der Waals surface area contributed by atoms with Gasteiger partial charge in [-0.3, -0.25) is 4.79 Å². The summed E-state index contributed by atoms with van der Waals surface area (Å²) in [5.74, 6) is -0.906. The van der Waals surface area contributed by atoms with Crippen molar-refractivity contribution in [1.29, 1.82) is 0 Å². The number of benzene rings is 1. The van der Waals surface area contributed by atoms with Gasteiger partial charge in [0.05, 0.1) is 37.3 Å². The third-order valence-corrected chi connectivity index (χ3v) is 5.94. The fourth-order valence-corrected chi connectivity index (χ4v) is 4.23. The Hall–Kier alpha value is -3.43. The van der Waals surface area contributed by atoms with Crippen LogP contribution in [-0.2, 0) is 16.0 Å². The molecule has 1 aromatic carbocycles. The zero-order valence-electron chi connectivity index (χ0n) is 19.4. The Morgan fingerprint density at radius 1 is 1.32 bits per heavy atom. The van der Waals surface area contributed by atoms with E-state index in [1.54, 1.807) is 35.0 Å². The van der Waals surface area contributed by atoms with Gasteiger partial charge >= 0.3 is 5.97 Å². The van der Waals surface area contributed by atoms with Crippen LogP contribution >= 0.6 is 0 Å². The summed E-state index contributed by atoms with van der Waals surface area (Å²) < 4.78 is 12.7. The smallest absolute Gasteiger partial charge is 0.356 e. The standard InChI is InChI=1S/C25H30N4O5/c1-16(10-11-30)27-18-13-20-21(28-24(31)17-7-4-3-5-8-17)22(25(32)33-2)29(23(20)26-14-18)15-19-9-6-12-34-19/h3-5,7-8,13-14,16,19,27,30H,6,9-12,15H2,1-2H3,(H,28,31)/t16-,19+/m0/s1. The summed E-state index contributed by atoms with van der Waals surface area (Å²) in [5.41, 5.74) is 2.32. The number of fused-ring (bicyclic) bond motifs is 1. The molecule has 0 saturated carbocycles. The Morgan fingerprint density at radius 3 is 2.79 bits per heavy atom. The van der Waals surface area contributed by atoms with Crippen molar-refractivity contribution in [3.63, 3.8) is 0 Å². The first kappa shape index (κ1) is 23.7. The SMILES string of the molecule is COC(=O)c1c(NC(=O)c2ccccc2)c2cc(N[C@@H](C)CCO)cnc2n1C[C@H]1CCCO1. The Bertz CT molecular complexity index is 1160. The minimum atomic E-state index is -0.567. The number of esters is 1. The largest absolute Gasteiger partial charge is 0.464 e. The fraction of sp³-hybridized carbons (Fsp3) is 0.400. The zero-order chi connectivity index (χ0) is 24.1. The van der Waals surface area contributed by atoms with E-state index in [1.165, 1.54) is 7.11 Å². The first-order valence-electron chi connectivity index (χ1n) is 11.5. The number of aliphatic hydroxyl groups excluding tert-OH is 1. The van der Waals surface area contributed by atoms with Crippen molar-refractivity contribution in [2.45, 2.75) is 44.9 Å². The summed E-state index contributed by atoms with van der Waals surface area (Å²) in [5, 5.41) is 16.1. The van der Waals surface area contributed by atoms with Crippen molar-refractivity contribution in [1.82, 2.24) is 9.55 Å². The summed E-state index contributed by atoms with van der Waals surface area (Å²) >= 11 is 0. The predicted octanol–water partition coefficient (Wildman–Crippen LogP) is 3.44. The maximum absolute atomic E-state index is 13.1. The Morgan fingerprint density at radius 2 is 2.12 bits per heavy atom. The van der Waals surface area contributed by atoms with Crippen molar-refractivity contribution in [2.24, 2.45) is 0 Å². The first-order chi connectivity index (χ1) is 16.5.